The average Bonchev–Trinajstić information content (AvgIpc) is 3.28. The zero-order chi connectivity index (χ0) is 21.7. The fraction of sp³-hybridized carbons (Fsp3) is 0.333. The minimum atomic E-state index is -0.481. The van der Waals surface area contributed by atoms with Crippen molar-refractivity contribution >= 4 is 28.7 Å². The number of carbonyl (C=O) groups excluding carboxylic acids is 2. The van der Waals surface area contributed by atoms with Crippen LogP contribution >= 0.6 is 0 Å². The Bertz CT molecular complexity index is 1070. The van der Waals surface area contributed by atoms with Crippen LogP contribution in [0.25, 0.3) is 11.2 Å². The van der Waals surface area contributed by atoms with Gasteiger partial charge >= 0.3 is 0 Å². The molecule has 3 aromatic heterocycles. The number of aromatic nitrogens is 5. The zero-order valence-corrected chi connectivity index (χ0v) is 17.0. The van der Waals surface area contributed by atoms with Gasteiger partial charge in [-0.3, -0.25) is 14.6 Å². The normalized spacial score (nSPS) is 15.4. The van der Waals surface area contributed by atoms with Crippen LogP contribution in [-0.4, -0.2) is 66.8 Å². The second kappa shape index (κ2) is 8.90. The number of carbonyl (C=O) groups is 2. The Morgan fingerprint density at radius 2 is 1.97 bits per heavy atom. The zero-order valence-electron chi connectivity index (χ0n) is 17.0. The highest BCUT2D eigenvalue weighted by atomic mass is 16.2. The third kappa shape index (κ3) is 4.52. The van der Waals surface area contributed by atoms with Crippen molar-refractivity contribution < 1.29 is 9.59 Å². The number of piperidine rings is 1. The summed E-state index contributed by atoms with van der Waals surface area (Å²) in [6.45, 7) is 5.16. The van der Waals surface area contributed by atoms with E-state index in [2.05, 4.69) is 42.1 Å². The van der Waals surface area contributed by atoms with Gasteiger partial charge in [-0.05, 0) is 31.4 Å². The fourth-order valence-corrected chi connectivity index (χ4v) is 3.84. The first kappa shape index (κ1) is 20.5. The van der Waals surface area contributed by atoms with Crippen LogP contribution in [0.5, 0.6) is 0 Å². The molecule has 3 N–H and O–H groups in total. The van der Waals surface area contributed by atoms with E-state index in [0.717, 1.165) is 5.69 Å². The number of anilines is 1. The van der Waals surface area contributed by atoms with Gasteiger partial charge in [0.2, 0.25) is 5.91 Å². The molecular weight excluding hydrogens is 396 g/mol. The summed E-state index contributed by atoms with van der Waals surface area (Å²) in [6, 6.07) is 3.63. The van der Waals surface area contributed by atoms with Crippen LogP contribution in [0.1, 0.15) is 29.8 Å². The van der Waals surface area contributed by atoms with Gasteiger partial charge in [0.1, 0.15) is 11.8 Å². The van der Waals surface area contributed by atoms with Crippen LogP contribution in [0.15, 0.2) is 49.8 Å². The third-order valence-electron chi connectivity index (χ3n) is 5.55. The first-order valence-corrected chi connectivity index (χ1v) is 10.1. The van der Waals surface area contributed by atoms with E-state index < -0.39 is 5.54 Å². The van der Waals surface area contributed by atoms with E-state index in [0.29, 0.717) is 43.5 Å². The van der Waals surface area contributed by atoms with Crippen molar-refractivity contribution in [3.05, 3.63) is 55.5 Å². The molecule has 10 nitrogen and oxygen atoms in total. The van der Waals surface area contributed by atoms with Crippen LogP contribution in [0.3, 0.4) is 0 Å². The minimum absolute atomic E-state index is 0.0188. The smallest absolute Gasteiger partial charge is 0.272 e. The standard InChI is InChI=1S/C21H24N8O2/c1-2-5-21(28-20(31)18-17-19(26-13-24-17)27-14-25-18)6-10-29(11-7-21)16(30)12-23-15-3-8-22-9-4-15/h2-4,8-9,13-14H,1,5-7,10-12H2,(H,22,23)(H,28,31)(H,24,25,26,27). The van der Waals surface area contributed by atoms with E-state index in [1.807, 2.05) is 17.0 Å². The van der Waals surface area contributed by atoms with Gasteiger partial charge in [-0.25, -0.2) is 15.0 Å². The Kier molecular flexibility index (Phi) is 5.87. The molecule has 31 heavy (non-hydrogen) atoms. The molecular formula is C21H24N8O2. The van der Waals surface area contributed by atoms with Crippen molar-refractivity contribution in [2.45, 2.75) is 24.8 Å². The van der Waals surface area contributed by atoms with Crippen LogP contribution < -0.4 is 10.6 Å². The lowest BCUT2D eigenvalue weighted by Crippen LogP contribution is -2.56. The van der Waals surface area contributed by atoms with Crippen molar-refractivity contribution in [3.63, 3.8) is 0 Å². The molecule has 0 saturated carbocycles. The van der Waals surface area contributed by atoms with Crippen molar-refractivity contribution in [2.24, 2.45) is 0 Å². The molecule has 0 unspecified atom stereocenters. The van der Waals surface area contributed by atoms with Gasteiger partial charge in [-0.1, -0.05) is 6.08 Å². The number of rotatable bonds is 7. The Balaban J connectivity index is 1.39. The van der Waals surface area contributed by atoms with Crippen molar-refractivity contribution in [3.8, 4) is 0 Å². The maximum atomic E-state index is 13.0. The lowest BCUT2D eigenvalue weighted by atomic mass is 9.84. The second-order valence-corrected chi connectivity index (χ2v) is 7.52. The SMILES string of the molecule is C=CCC1(NC(=O)c2ncnc3nc[nH]c23)CCN(C(=O)CNc2ccncc2)CC1. The highest BCUT2D eigenvalue weighted by Crippen LogP contribution is 2.27. The molecule has 0 spiro atoms. The molecule has 0 atom stereocenters. The Morgan fingerprint density at radius 1 is 1.19 bits per heavy atom. The van der Waals surface area contributed by atoms with Gasteiger partial charge in [-0.15, -0.1) is 6.58 Å². The van der Waals surface area contributed by atoms with Gasteiger partial charge in [0.05, 0.1) is 12.9 Å². The summed E-state index contributed by atoms with van der Waals surface area (Å²) in [6.07, 6.45) is 9.83. The number of imidazole rings is 1. The van der Waals surface area contributed by atoms with E-state index in [4.69, 9.17) is 0 Å². The summed E-state index contributed by atoms with van der Waals surface area (Å²) < 4.78 is 0. The number of fused-ring (bicyclic) bond motifs is 1. The largest absolute Gasteiger partial charge is 0.376 e. The summed E-state index contributed by atoms with van der Waals surface area (Å²) >= 11 is 0. The average molecular weight is 420 g/mol. The van der Waals surface area contributed by atoms with Gasteiger partial charge in [0, 0.05) is 36.7 Å². The predicted molar refractivity (Wildman–Crippen MR) is 115 cm³/mol. The Hall–Kier alpha value is -3.82. The summed E-state index contributed by atoms with van der Waals surface area (Å²) in [5.41, 5.74) is 1.57. The Morgan fingerprint density at radius 3 is 2.71 bits per heavy atom. The molecule has 0 radical (unpaired) electrons. The minimum Gasteiger partial charge on any atom is -0.376 e. The quantitative estimate of drug-likeness (QED) is 0.494. The number of likely N-dealkylation sites (tertiary alicyclic amines) is 1. The molecule has 3 aromatic rings. The lowest BCUT2D eigenvalue weighted by Gasteiger charge is -2.42. The third-order valence-corrected chi connectivity index (χ3v) is 5.55. The molecule has 0 aliphatic carbocycles. The molecule has 4 rings (SSSR count). The van der Waals surface area contributed by atoms with Gasteiger partial charge in [0.15, 0.2) is 11.3 Å². The molecule has 0 aromatic carbocycles. The highest BCUT2D eigenvalue weighted by Gasteiger charge is 2.37. The second-order valence-electron chi connectivity index (χ2n) is 7.52. The maximum absolute atomic E-state index is 13.0. The number of amides is 2. The number of H-pyrrole nitrogens is 1. The number of aromatic amines is 1. The number of nitrogens with zero attached hydrogens (tertiary/aromatic N) is 5. The van der Waals surface area contributed by atoms with Crippen molar-refractivity contribution in [1.82, 2.24) is 35.1 Å². The number of hydrogen-bond donors (Lipinski definition) is 3. The molecule has 1 fully saturated rings. The number of nitrogens with one attached hydrogen (secondary N) is 3. The first-order valence-electron chi connectivity index (χ1n) is 10.1. The van der Waals surface area contributed by atoms with Gasteiger partial charge in [0.25, 0.3) is 5.91 Å². The molecule has 1 saturated heterocycles. The van der Waals surface area contributed by atoms with Crippen LogP contribution in [-0.2, 0) is 4.79 Å². The van der Waals surface area contributed by atoms with E-state index in [1.165, 1.54) is 12.7 Å². The summed E-state index contributed by atoms with van der Waals surface area (Å²) in [4.78, 5) is 46.6. The van der Waals surface area contributed by atoms with Crippen LogP contribution in [0.4, 0.5) is 5.69 Å². The molecule has 2 amide bonds. The number of pyridine rings is 1. The molecule has 160 valence electrons. The highest BCUT2D eigenvalue weighted by molar-refractivity contribution is 6.02. The monoisotopic (exact) mass is 420 g/mol. The summed E-state index contributed by atoms with van der Waals surface area (Å²) in [5.74, 6) is -0.275. The van der Waals surface area contributed by atoms with Gasteiger partial charge in [-0.2, -0.15) is 0 Å². The van der Waals surface area contributed by atoms with Gasteiger partial charge < -0.3 is 20.5 Å². The maximum Gasteiger partial charge on any atom is 0.272 e. The summed E-state index contributed by atoms with van der Waals surface area (Å²) in [7, 11) is 0. The fourth-order valence-electron chi connectivity index (χ4n) is 3.84. The molecule has 10 heteroatoms. The molecule has 1 aliphatic rings. The molecule has 1 aliphatic heterocycles. The first-order chi connectivity index (χ1) is 15.1. The Labute approximate surface area is 179 Å². The molecule has 4 heterocycles. The van der Waals surface area contributed by atoms with Crippen molar-refractivity contribution in [2.75, 3.05) is 25.0 Å². The van der Waals surface area contributed by atoms with Crippen LogP contribution in [0, 0.1) is 0 Å². The topological polar surface area (TPSA) is 129 Å². The van der Waals surface area contributed by atoms with E-state index in [9.17, 15) is 9.59 Å². The predicted octanol–water partition coefficient (Wildman–Crippen LogP) is 1.53. The van der Waals surface area contributed by atoms with E-state index in [1.54, 1.807) is 18.5 Å². The lowest BCUT2D eigenvalue weighted by molar-refractivity contribution is -0.130. The van der Waals surface area contributed by atoms with E-state index in [-0.39, 0.29) is 24.1 Å². The van der Waals surface area contributed by atoms with Crippen molar-refractivity contribution in [1.29, 1.82) is 0 Å². The van der Waals surface area contributed by atoms with Crippen LogP contribution in [0.2, 0.25) is 0 Å². The number of hydrogen-bond acceptors (Lipinski definition) is 7. The van der Waals surface area contributed by atoms with E-state index >= 15 is 0 Å². The molecule has 0 bridgehead atoms. The summed E-state index contributed by atoms with van der Waals surface area (Å²) in [5, 5.41) is 6.26.